The highest BCUT2D eigenvalue weighted by atomic mass is 19.4. The van der Waals surface area contributed by atoms with Crippen molar-refractivity contribution in [3.63, 3.8) is 0 Å². The first-order valence-corrected chi connectivity index (χ1v) is 13.3. The number of rotatable bonds is 14. The lowest BCUT2D eigenvalue weighted by molar-refractivity contribution is -0.238. The van der Waals surface area contributed by atoms with Gasteiger partial charge in [-0.15, -0.1) is 0 Å². The van der Waals surface area contributed by atoms with Gasteiger partial charge < -0.3 is 14.6 Å². The van der Waals surface area contributed by atoms with Crippen molar-refractivity contribution in [1.82, 2.24) is 0 Å². The summed E-state index contributed by atoms with van der Waals surface area (Å²) in [4.78, 5) is 12.1. The van der Waals surface area contributed by atoms with Crippen LogP contribution in [0.3, 0.4) is 0 Å². The summed E-state index contributed by atoms with van der Waals surface area (Å²) in [5.74, 6) is -1.07. The Morgan fingerprint density at radius 2 is 1.65 bits per heavy atom. The molecule has 0 aliphatic carbocycles. The number of carboxylic acids is 1. The first kappa shape index (κ1) is 28.6. The van der Waals surface area contributed by atoms with E-state index in [-0.39, 0.29) is 17.7 Å². The maximum absolute atomic E-state index is 14.6. The first-order chi connectivity index (χ1) is 17.7. The number of alkyl halides is 3. The summed E-state index contributed by atoms with van der Waals surface area (Å²) < 4.78 is 55.4. The molecule has 2 aromatic rings. The Kier molecular flexibility index (Phi) is 10.1. The van der Waals surface area contributed by atoms with E-state index in [9.17, 15) is 23.1 Å². The van der Waals surface area contributed by atoms with Crippen LogP contribution < -0.4 is 9.47 Å². The van der Waals surface area contributed by atoms with Crippen molar-refractivity contribution in [3.05, 3.63) is 64.7 Å². The van der Waals surface area contributed by atoms with E-state index in [1.165, 1.54) is 0 Å². The second kappa shape index (κ2) is 13.0. The highest BCUT2D eigenvalue weighted by molar-refractivity contribution is 5.96. The third-order valence-corrected chi connectivity index (χ3v) is 6.78. The average molecular weight is 519 g/mol. The normalized spacial score (nSPS) is 17.1. The highest BCUT2D eigenvalue weighted by Gasteiger charge is 2.62. The van der Waals surface area contributed by atoms with E-state index in [2.05, 4.69) is 6.92 Å². The van der Waals surface area contributed by atoms with Crippen LogP contribution in [0.5, 0.6) is 11.5 Å². The maximum Gasteiger partial charge on any atom is 0.432 e. The van der Waals surface area contributed by atoms with Crippen LogP contribution in [0.2, 0.25) is 0 Å². The van der Waals surface area contributed by atoms with Gasteiger partial charge in [0.2, 0.25) is 5.60 Å². The molecule has 0 fully saturated rings. The van der Waals surface area contributed by atoms with Gasteiger partial charge in [0.05, 0.1) is 12.2 Å². The minimum Gasteiger partial charge on any atom is -0.493 e. The molecule has 1 atom stereocenters. The Bertz CT molecular complexity index is 1060. The minimum absolute atomic E-state index is 0.0297. The smallest absolute Gasteiger partial charge is 0.432 e. The van der Waals surface area contributed by atoms with Gasteiger partial charge in [-0.25, -0.2) is 4.79 Å². The number of hydrogen-bond donors (Lipinski definition) is 1. The lowest BCUT2D eigenvalue weighted by Crippen LogP contribution is -2.54. The van der Waals surface area contributed by atoms with Crippen LogP contribution in [-0.2, 0) is 11.2 Å². The number of benzene rings is 2. The predicted octanol–water partition coefficient (Wildman–Crippen LogP) is 8.37. The van der Waals surface area contributed by atoms with Gasteiger partial charge in [0, 0.05) is 24.0 Å². The van der Waals surface area contributed by atoms with Gasteiger partial charge in [-0.3, -0.25) is 0 Å². The van der Waals surface area contributed by atoms with E-state index in [4.69, 9.17) is 9.47 Å². The van der Waals surface area contributed by atoms with E-state index in [1.807, 2.05) is 37.3 Å². The Labute approximate surface area is 217 Å². The van der Waals surface area contributed by atoms with Crippen molar-refractivity contribution in [2.75, 3.05) is 6.61 Å². The van der Waals surface area contributed by atoms with Crippen molar-refractivity contribution >= 4 is 12.0 Å². The number of carboxylic acid groups (broad SMARTS) is 1. The summed E-state index contributed by atoms with van der Waals surface area (Å²) in [5, 5.41) is 9.83. The SMILES string of the molecule is CCCCCCOc1cc2c(cc1Cc1ccccc1)OC(CCCCCC)(C(F)(F)F)C(C(=O)O)=C2. The monoisotopic (exact) mass is 518 g/mol. The van der Waals surface area contributed by atoms with Gasteiger partial charge in [-0.2, -0.15) is 13.2 Å². The molecule has 1 unspecified atom stereocenters. The molecule has 1 heterocycles. The molecular weight excluding hydrogens is 481 g/mol. The average Bonchev–Trinajstić information content (AvgIpc) is 2.86. The van der Waals surface area contributed by atoms with Gasteiger partial charge in [0.25, 0.3) is 0 Å². The second-order valence-electron chi connectivity index (χ2n) is 9.67. The first-order valence-electron chi connectivity index (χ1n) is 13.3. The predicted molar refractivity (Wildman–Crippen MR) is 139 cm³/mol. The van der Waals surface area contributed by atoms with Crippen molar-refractivity contribution < 1.29 is 32.5 Å². The highest BCUT2D eigenvalue weighted by Crippen LogP contribution is 2.49. The maximum atomic E-state index is 14.6. The fourth-order valence-corrected chi connectivity index (χ4v) is 4.71. The zero-order valence-electron chi connectivity index (χ0n) is 21.7. The Hall–Kier alpha value is -2.96. The summed E-state index contributed by atoms with van der Waals surface area (Å²) in [6.07, 6.45) is 2.71. The molecular formula is C30H37F3O4. The van der Waals surface area contributed by atoms with Crippen LogP contribution in [0.4, 0.5) is 13.2 Å². The molecule has 202 valence electrons. The van der Waals surface area contributed by atoms with E-state index in [0.717, 1.165) is 50.2 Å². The molecule has 0 bridgehead atoms. The number of ether oxygens (including phenoxy) is 2. The van der Waals surface area contributed by atoms with Gasteiger partial charge in [0.15, 0.2) is 0 Å². The Morgan fingerprint density at radius 1 is 0.973 bits per heavy atom. The third kappa shape index (κ3) is 7.08. The van der Waals surface area contributed by atoms with Gasteiger partial charge in [-0.1, -0.05) is 82.7 Å². The lowest BCUT2D eigenvalue weighted by atomic mass is 9.83. The van der Waals surface area contributed by atoms with Crippen LogP contribution in [0.15, 0.2) is 48.0 Å². The number of halogens is 3. The summed E-state index contributed by atoms with van der Waals surface area (Å²) in [7, 11) is 0. The second-order valence-corrected chi connectivity index (χ2v) is 9.67. The number of aliphatic carboxylic acids is 1. The summed E-state index contributed by atoms with van der Waals surface area (Å²) in [6.45, 7) is 4.56. The largest absolute Gasteiger partial charge is 0.493 e. The minimum atomic E-state index is -4.89. The van der Waals surface area contributed by atoms with E-state index < -0.39 is 29.7 Å². The summed E-state index contributed by atoms with van der Waals surface area (Å²) >= 11 is 0. The Balaban J connectivity index is 2.03. The van der Waals surface area contributed by atoms with Crippen LogP contribution in [-0.4, -0.2) is 29.5 Å². The molecule has 3 rings (SSSR count). The number of carbonyl (C=O) groups is 1. The summed E-state index contributed by atoms with van der Waals surface area (Å²) in [6, 6.07) is 12.8. The van der Waals surface area contributed by atoms with Crippen LogP contribution in [0, 0.1) is 0 Å². The third-order valence-electron chi connectivity index (χ3n) is 6.78. The summed E-state index contributed by atoms with van der Waals surface area (Å²) in [5.41, 5.74) is -1.71. The molecule has 1 aliphatic heterocycles. The molecule has 0 saturated carbocycles. The number of fused-ring (bicyclic) bond motifs is 1. The van der Waals surface area contributed by atoms with Gasteiger partial charge >= 0.3 is 12.1 Å². The Morgan fingerprint density at radius 3 is 2.27 bits per heavy atom. The van der Waals surface area contributed by atoms with E-state index in [1.54, 1.807) is 12.1 Å². The molecule has 0 spiro atoms. The quantitative estimate of drug-likeness (QED) is 0.255. The molecule has 0 saturated heterocycles. The topological polar surface area (TPSA) is 55.8 Å². The van der Waals surface area contributed by atoms with Crippen molar-refractivity contribution in [2.24, 2.45) is 0 Å². The number of unbranched alkanes of at least 4 members (excludes halogenated alkanes) is 6. The van der Waals surface area contributed by atoms with Crippen molar-refractivity contribution in [3.8, 4) is 11.5 Å². The van der Waals surface area contributed by atoms with Crippen LogP contribution in [0.25, 0.3) is 6.08 Å². The van der Waals surface area contributed by atoms with Crippen molar-refractivity contribution in [2.45, 2.75) is 89.8 Å². The van der Waals surface area contributed by atoms with E-state index >= 15 is 0 Å². The number of hydrogen-bond acceptors (Lipinski definition) is 3. The fourth-order valence-electron chi connectivity index (χ4n) is 4.71. The van der Waals surface area contributed by atoms with Gasteiger partial charge in [0.1, 0.15) is 11.5 Å². The zero-order valence-corrected chi connectivity index (χ0v) is 21.7. The fraction of sp³-hybridized carbons (Fsp3) is 0.500. The van der Waals surface area contributed by atoms with Crippen molar-refractivity contribution in [1.29, 1.82) is 0 Å². The zero-order chi connectivity index (χ0) is 26.9. The molecule has 2 aromatic carbocycles. The molecule has 4 nitrogen and oxygen atoms in total. The van der Waals surface area contributed by atoms with E-state index in [0.29, 0.717) is 30.8 Å². The van der Waals surface area contributed by atoms with Gasteiger partial charge in [-0.05, 0) is 36.6 Å². The molecule has 0 aromatic heterocycles. The standard InChI is InChI=1S/C30H37F3O4/c1-3-5-7-12-16-29(30(31,32)33)25(28(34)35)19-24-20-26(36-17-13-8-6-4-2)23(21-27(24)37-29)18-22-14-10-9-11-15-22/h9-11,14-15,19-21H,3-8,12-13,16-18H2,1-2H3,(H,34,35). The lowest BCUT2D eigenvalue weighted by Gasteiger charge is -2.39. The molecule has 1 N–H and O–H groups in total. The van der Waals surface area contributed by atoms with Crippen LogP contribution >= 0.6 is 0 Å². The molecule has 0 amide bonds. The van der Waals surface area contributed by atoms with Crippen LogP contribution in [0.1, 0.15) is 88.3 Å². The molecule has 7 heteroatoms. The molecule has 37 heavy (non-hydrogen) atoms. The molecule has 0 radical (unpaired) electrons. The molecule has 1 aliphatic rings.